The first kappa shape index (κ1) is 10.2. The molecule has 1 atom stereocenters. The Morgan fingerprint density at radius 3 is 3.14 bits per heavy atom. The van der Waals surface area contributed by atoms with Crippen LogP contribution in [0.2, 0.25) is 0 Å². The Bertz CT molecular complexity index is 300. The summed E-state index contributed by atoms with van der Waals surface area (Å²) in [6.07, 6.45) is 2.94. The van der Waals surface area contributed by atoms with Crippen molar-refractivity contribution in [1.82, 2.24) is 10.2 Å². The minimum Gasteiger partial charge on any atom is -0.467 e. The number of rotatable bonds is 3. The average molecular weight is 259 g/mol. The van der Waals surface area contributed by atoms with Gasteiger partial charge in [-0.05, 0) is 42.0 Å². The molecular formula is C10H15BrN2O. The van der Waals surface area contributed by atoms with Crippen LogP contribution in [0.15, 0.2) is 21.2 Å². The summed E-state index contributed by atoms with van der Waals surface area (Å²) in [7, 11) is 2.16. The molecule has 0 amide bonds. The van der Waals surface area contributed by atoms with Gasteiger partial charge < -0.3 is 14.6 Å². The van der Waals surface area contributed by atoms with Gasteiger partial charge in [-0.3, -0.25) is 0 Å². The maximum atomic E-state index is 5.33. The van der Waals surface area contributed by atoms with E-state index in [9.17, 15) is 0 Å². The molecule has 1 aliphatic heterocycles. The molecule has 1 unspecified atom stereocenters. The van der Waals surface area contributed by atoms with Gasteiger partial charge in [-0.15, -0.1) is 0 Å². The quantitative estimate of drug-likeness (QED) is 0.897. The molecule has 0 aliphatic carbocycles. The highest BCUT2D eigenvalue weighted by Gasteiger charge is 2.19. The smallest absolute Gasteiger partial charge is 0.131 e. The van der Waals surface area contributed by atoms with E-state index in [1.54, 1.807) is 6.26 Å². The lowest BCUT2D eigenvalue weighted by atomic mass is 10.2. The lowest BCUT2D eigenvalue weighted by Gasteiger charge is -2.11. The third kappa shape index (κ3) is 2.38. The second-order valence-electron chi connectivity index (χ2n) is 3.82. The Hall–Kier alpha value is -0.320. The molecule has 78 valence electrons. The first-order valence-corrected chi connectivity index (χ1v) is 5.69. The van der Waals surface area contributed by atoms with Crippen molar-refractivity contribution in [3.8, 4) is 0 Å². The van der Waals surface area contributed by atoms with Crippen LogP contribution in [0.1, 0.15) is 12.2 Å². The lowest BCUT2D eigenvalue weighted by Crippen LogP contribution is -2.30. The fraction of sp³-hybridized carbons (Fsp3) is 0.600. The molecule has 1 fully saturated rings. The third-order valence-electron chi connectivity index (χ3n) is 2.63. The average Bonchev–Trinajstić information content (AvgIpc) is 2.72. The normalized spacial score (nSPS) is 23.1. The van der Waals surface area contributed by atoms with E-state index < -0.39 is 0 Å². The number of halogens is 1. The summed E-state index contributed by atoms with van der Waals surface area (Å²) in [5.74, 6) is 0.986. The van der Waals surface area contributed by atoms with E-state index in [-0.39, 0.29) is 0 Å². The summed E-state index contributed by atoms with van der Waals surface area (Å²) in [6, 6.07) is 2.54. The van der Waals surface area contributed by atoms with E-state index in [1.807, 2.05) is 6.07 Å². The molecule has 3 nitrogen and oxygen atoms in total. The first-order chi connectivity index (χ1) is 6.75. The van der Waals surface area contributed by atoms with Gasteiger partial charge in [0.05, 0.1) is 17.3 Å². The molecule has 1 saturated heterocycles. The topological polar surface area (TPSA) is 28.4 Å². The van der Waals surface area contributed by atoms with E-state index in [2.05, 4.69) is 33.2 Å². The van der Waals surface area contributed by atoms with Crippen molar-refractivity contribution >= 4 is 15.9 Å². The van der Waals surface area contributed by atoms with E-state index >= 15 is 0 Å². The van der Waals surface area contributed by atoms with Crippen LogP contribution >= 0.6 is 15.9 Å². The van der Waals surface area contributed by atoms with Gasteiger partial charge in [0.1, 0.15) is 5.76 Å². The Morgan fingerprint density at radius 1 is 1.71 bits per heavy atom. The second kappa shape index (κ2) is 4.47. The largest absolute Gasteiger partial charge is 0.467 e. The van der Waals surface area contributed by atoms with Crippen molar-refractivity contribution in [3.05, 3.63) is 22.6 Å². The predicted molar refractivity (Wildman–Crippen MR) is 59.1 cm³/mol. The summed E-state index contributed by atoms with van der Waals surface area (Å²) in [6.45, 7) is 3.14. The highest BCUT2D eigenvalue weighted by atomic mass is 79.9. The van der Waals surface area contributed by atoms with Gasteiger partial charge in [0.25, 0.3) is 0 Å². The van der Waals surface area contributed by atoms with Gasteiger partial charge in [0.15, 0.2) is 0 Å². The molecule has 0 bridgehead atoms. The molecule has 0 radical (unpaired) electrons. The molecule has 0 saturated carbocycles. The molecule has 1 N–H and O–H groups in total. The molecule has 1 aromatic rings. The molecule has 0 spiro atoms. The highest BCUT2D eigenvalue weighted by Crippen LogP contribution is 2.17. The van der Waals surface area contributed by atoms with E-state index in [0.717, 1.165) is 23.3 Å². The summed E-state index contributed by atoms with van der Waals surface area (Å²) < 4.78 is 6.38. The fourth-order valence-electron chi connectivity index (χ4n) is 1.79. The van der Waals surface area contributed by atoms with Gasteiger partial charge >= 0.3 is 0 Å². The van der Waals surface area contributed by atoms with Crippen LogP contribution < -0.4 is 5.32 Å². The number of nitrogens with zero attached hydrogens (tertiary/aromatic N) is 1. The van der Waals surface area contributed by atoms with Crippen molar-refractivity contribution in [2.75, 3.05) is 20.1 Å². The van der Waals surface area contributed by atoms with Crippen molar-refractivity contribution in [2.45, 2.75) is 19.0 Å². The second-order valence-corrected chi connectivity index (χ2v) is 4.67. The number of likely N-dealkylation sites (N-methyl/N-ethyl adjacent to an activating group) is 1. The lowest BCUT2D eigenvalue weighted by molar-refractivity contribution is 0.389. The zero-order valence-corrected chi connectivity index (χ0v) is 9.88. The van der Waals surface area contributed by atoms with Crippen LogP contribution in [0.3, 0.4) is 0 Å². The summed E-state index contributed by atoms with van der Waals surface area (Å²) >= 11 is 3.44. The van der Waals surface area contributed by atoms with Crippen LogP contribution in [0, 0.1) is 0 Å². The van der Waals surface area contributed by atoms with E-state index in [1.165, 1.54) is 13.0 Å². The first-order valence-electron chi connectivity index (χ1n) is 4.89. The summed E-state index contributed by atoms with van der Waals surface area (Å²) in [5, 5.41) is 3.49. The van der Waals surface area contributed by atoms with Gasteiger partial charge in [-0.25, -0.2) is 0 Å². The Morgan fingerprint density at radius 2 is 2.57 bits per heavy atom. The molecule has 1 aliphatic rings. The Labute approximate surface area is 92.6 Å². The van der Waals surface area contributed by atoms with Gasteiger partial charge in [-0.2, -0.15) is 0 Å². The van der Waals surface area contributed by atoms with Gasteiger partial charge in [-0.1, -0.05) is 0 Å². The van der Waals surface area contributed by atoms with Crippen LogP contribution in [-0.4, -0.2) is 31.1 Å². The van der Waals surface area contributed by atoms with E-state index in [4.69, 9.17) is 4.42 Å². The van der Waals surface area contributed by atoms with Crippen molar-refractivity contribution in [1.29, 1.82) is 0 Å². The van der Waals surface area contributed by atoms with Crippen molar-refractivity contribution in [2.24, 2.45) is 0 Å². The maximum absolute atomic E-state index is 5.33. The minimum atomic E-state index is 0.608. The molecule has 14 heavy (non-hydrogen) atoms. The van der Waals surface area contributed by atoms with Crippen LogP contribution in [0.4, 0.5) is 0 Å². The van der Waals surface area contributed by atoms with Crippen molar-refractivity contribution in [3.63, 3.8) is 0 Å². The van der Waals surface area contributed by atoms with Crippen LogP contribution in [-0.2, 0) is 6.54 Å². The monoisotopic (exact) mass is 258 g/mol. The SMILES string of the molecule is CN1CCC(NCc2occc2Br)C1. The molecule has 4 heteroatoms. The number of likely N-dealkylation sites (tertiary alicyclic amines) is 1. The highest BCUT2D eigenvalue weighted by molar-refractivity contribution is 9.10. The number of hydrogen-bond donors (Lipinski definition) is 1. The Balaban J connectivity index is 1.80. The number of furan rings is 1. The molecule has 1 aromatic heterocycles. The summed E-state index contributed by atoms with van der Waals surface area (Å²) in [5.41, 5.74) is 0. The van der Waals surface area contributed by atoms with Crippen LogP contribution in [0.25, 0.3) is 0 Å². The predicted octanol–water partition coefficient (Wildman–Crippen LogP) is 1.84. The summed E-state index contributed by atoms with van der Waals surface area (Å²) in [4.78, 5) is 2.34. The molecular weight excluding hydrogens is 244 g/mol. The number of nitrogens with one attached hydrogen (secondary N) is 1. The zero-order chi connectivity index (χ0) is 9.97. The van der Waals surface area contributed by atoms with Crippen LogP contribution in [0.5, 0.6) is 0 Å². The fourth-order valence-corrected chi connectivity index (χ4v) is 2.13. The third-order valence-corrected chi connectivity index (χ3v) is 3.34. The van der Waals surface area contributed by atoms with Crippen molar-refractivity contribution < 1.29 is 4.42 Å². The molecule has 2 rings (SSSR count). The molecule has 0 aromatic carbocycles. The van der Waals surface area contributed by atoms with E-state index in [0.29, 0.717) is 6.04 Å². The minimum absolute atomic E-state index is 0.608. The number of hydrogen-bond acceptors (Lipinski definition) is 3. The van der Waals surface area contributed by atoms with Gasteiger partial charge in [0, 0.05) is 12.6 Å². The maximum Gasteiger partial charge on any atom is 0.131 e. The zero-order valence-electron chi connectivity index (χ0n) is 8.29. The molecule has 2 heterocycles. The van der Waals surface area contributed by atoms with Gasteiger partial charge in [0.2, 0.25) is 0 Å². The standard InChI is InChI=1S/C10H15BrN2O/c1-13-4-2-8(7-13)12-6-10-9(11)3-5-14-10/h3,5,8,12H,2,4,6-7H2,1H3. The Kier molecular flexibility index (Phi) is 3.26.